The van der Waals surface area contributed by atoms with Crippen LogP contribution in [0.2, 0.25) is 0 Å². The Morgan fingerprint density at radius 2 is 2.00 bits per heavy atom. The van der Waals surface area contributed by atoms with E-state index < -0.39 is 0 Å². The van der Waals surface area contributed by atoms with Gasteiger partial charge in [0.05, 0.1) is 17.0 Å². The Morgan fingerprint density at radius 3 is 2.63 bits per heavy atom. The second kappa shape index (κ2) is 7.41. The van der Waals surface area contributed by atoms with Crippen molar-refractivity contribution in [3.63, 3.8) is 0 Å². The highest BCUT2D eigenvalue weighted by atomic mass is 16.5. The number of nitrogens with zero attached hydrogens (tertiary/aromatic N) is 3. The molecule has 2 aliphatic rings. The summed E-state index contributed by atoms with van der Waals surface area (Å²) in [4.78, 5) is 21.2. The first-order valence-electron chi connectivity index (χ1n) is 10.1. The summed E-state index contributed by atoms with van der Waals surface area (Å²) in [5.41, 5.74) is 2.90. The quantitative estimate of drug-likeness (QED) is 0.868. The lowest BCUT2D eigenvalue weighted by Gasteiger charge is -2.29. The van der Waals surface area contributed by atoms with E-state index in [0.29, 0.717) is 17.8 Å². The van der Waals surface area contributed by atoms with E-state index in [1.807, 2.05) is 26.1 Å². The van der Waals surface area contributed by atoms with Crippen LogP contribution in [-0.4, -0.2) is 27.6 Å². The Morgan fingerprint density at radius 1 is 1.26 bits per heavy atom. The van der Waals surface area contributed by atoms with Gasteiger partial charge in [0.25, 0.3) is 0 Å². The normalized spacial score (nSPS) is 27.4. The van der Waals surface area contributed by atoms with Gasteiger partial charge in [0.15, 0.2) is 5.76 Å². The van der Waals surface area contributed by atoms with Gasteiger partial charge in [0.2, 0.25) is 5.91 Å². The average Bonchev–Trinajstić information content (AvgIpc) is 3.25. The van der Waals surface area contributed by atoms with Crippen LogP contribution in [0.4, 0.5) is 0 Å². The summed E-state index contributed by atoms with van der Waals surface area (Å²) in [6, 6.07) is 1.94. The third-order valence-corrected chi connectivity index (χ3v) is 6.08. The Balaban J connectivity index is 1.39. The summed E-state index contributed by atoms with van der Waals surface area (Å²) in [6.07, 6.45) is 7.30. The zero-order chi connectivity index (χ0) is 19.0. The van der Waals surface area contributed by atoms with Crippen molar-refractivity contribution >= 4 is 5.91 Å². The van der Waals surface area contributed by atoms with Crippen LogP contribution in [0.5, 0.6) is 0 Å². The number of aryl methyl sites for hydroxylation is 2. The molecule has 2 aromatic heterocycles. The van der Waals surface area contributed by atoms with Crippen molar-refractivity contribution in [3.05, 3.63) is 29.5 Å². The Labute approximate surface area is 160 Å². The molecule has 4 rings (SSSR count). The Kier molecular flexibility index (Phi) is 4.98. The van der Waals surface area contributed by atoms with Crippen molar-refractivity contribution < 1.29 is 9.32 Å². The SMILES string of the molecule is Cc1cc(-c2cnc(C)nc2C2CCC(CNC(=O)[C@H]3C[C@H]3C)CC2)on1. The molecule has 6 heteroatoms. The van der Waals surface area contributed by atoms with Gasteiger partial charge < -0.3 is 9.84 Å². The van der Waals surface area contributed by atoms with Gasteiger partial charge in [-0.05, 0) is 57.8 Å². The predicted molar refractivity (Wildman–Crippen MR) is 102 cm³/mol. The molecule has 2 fully saturated rings. The summed E-state index contributed by atoms with van der Waals surface area (Å²) < 4.78 is 5.47. The maximum atomic E-state index is 12.0. The fraction of sp³-hybridized carbons (Fsp3) is 0.619. The standard InChI is InChI=1S/C21H28N4O2/c1-12-8-17(12)21(26)23-10-15-4-6-16(7-5-15)20-18(11-22-14(3)24-20)19-9-13(2)25-27-19/h9,11-12,15-17H,4-8,10H2,1-3H3,(H,23,26)/t12-,15?,16?,17+/m1/s1. The number of rotatable bonds is 5. The molecule has 2 aliphatic carbocycles. The van der Waals surface area contributed by atoms with E-state index in [2.05, 4.69) is 22.4 Å². The highest BCUT2D eigenvalue weighted by Crippen LogP contribution is 2.40. The van der Waals surface area contributed by atoms with E-state index in [1.54, 1.807) is 0 Å². The van der Waals surface area contributed by atoms with Crippen LogP contribution in [0, 0.1) is 31.6 Å². The van der Waals surface area contributed by atoms with Crippen LogP contribution in [0.15, 0.2) is 16.8 Å². The van der Waals surface area contributed by atoms with Crippen molar-refractivity contribution in [2.45, 2.75) is 58.8 Å². The van der Waals surface area contributed by atoms with Gasteiger partial charge in [0, 0.05) is 30.6 Å². The van der Waals surface area contributed by atoms with Crippen molar-refractivity contribution in [1.29, 1.82) is 0 Å². The fourth-order valence-electron chi connectivity index (χ4n) is 4.18. The zero-order valence-electron chi connectivity index (χ0n) is 16.4. The molecule has 0 aliphatic heterocycles. The topological polar surface area (TPSA) is 80.9 Å². The number of carbonyl (C=O) groups excluding carboxylic acids is 1. The van der Waals surface area contributed by atoms with Crippen LogP contribution in [0.3, 0.4) is 0 Å². The first-order valence-corrected chi connectivity index (χ1v) is 10.1. The predicted octanol–water partition coefficient (Wildman–Crippen LogP) is 3.79. The minimum absolute atomic E-state index is 0.249. The molecule has 0 spiro atoms. The maximum Gasteiger partial charge on any atom is 0.223 e. The summed E-state index contributed by atoms with van der Waals surface area (Å²) in [5, 5.41) is 7.17. The van der Waals surface area contributed by atoms with Crippen LogP contribution in [0.1, 0.15) is 62.2 Å². The molecule has 0 saturated heterocycles. The molecule has 0 bridgehead atoms. The van der Waals surface area contributed by atoms with E-state index in [9.17, 15) is 4.79 Å². The van der Waals surface area contributed by atoms with E-state index in [4.69, 9.17) is 9.51 Å². The van der Waals surface area contributed by atoms with Crippen LogP contribution >= 0.6 is 0 Å². The van der Waals surface area contributed by atoms with Gasteiger partial charge >= 0.3 is 0 Å². The summed E-state index contributed by atoms with van der Waals surface area (Å²) in [5.74, 6) is 3.59. The summed E-state index contributed by atoms with van der Waals surface area (Å²) in [7, 11) is 0. The second-order valence-corrected chi connectivity index (χ2v) is 8.33. The lowest BCUT2D eigenvalue weighted by molar-refractivity contribution is -0.122. The van der Waals surface area contributed by atoms with Crippen molar-refractivity contribution in [2.24, 2.45) is 17.8 Å². The largest absolute Gasteiger partial charge is 0.356 e. The smallest absolute Gasteiger partial charge is 0.223 e. The molecule has 1 N–H and O–H groups in total. The molecule has 144 valence electrons. The summed E-state index contributed by atoms with van der Waals surface area (Å²) in [6.45, 7) is 6.81. The molecule has 0 aromatic carbocycles. The van der Waals surface area contributed by atoms with Crippen molar-refractivity contribution in [2.75, 3.05) is 6.54 Å². The number of aromatic nitrogens is 3. The lowest BCUT2D eigenvalue weighted by Crippen LogP contribution is -2.32. The van der Waals surface area contributed by atoms with E-state index in [1.165, 1.54) is 0 Å². The molecular formula is C21H28N4O2. The molecule has 2 atom stereocenters. The molecule has 27 heavy (non-hydrogen) atoms. The van der Waals surface area contributed by atoms with Crippen LogP contribution in [0.25, 0.3) is 11.3 Å². The molecule has 6 nitrogen and oxygen atoms in total. The monoisotopic (exact) mass is 368 g/mol. The molecule has 2 heterocycles. The first kappa shape index (κ1) is 18.1. The number of nitrogens with one attached hydrogen (secondary N) is 1. The number of amides is 1. The number of hydrogen-bond acceptors (Lipinski definition) is 5. The summed E-state index contributed by atoms with van der Waals surface area (Å²) >= 11 is 0. The zero-order valence-corrected chi connectivity index (χ0v) is 16.4. The van der Waals surface area contributed by atoms with Gasteiger partial charge in [-0.15, -0.1) is 0 Å². The minimum Gasteiger partial charge on any atom is -0.356 e. The van der Waals surface area contributed by atoms with Gasteiger partial charge in [-0.25, -0.2) is 9.97 Å². The Hall–Kier alpha value is -2.24. The number of carbonyl (C=O) groups is 1. The van der Waals surface area contributed by atoms with Crippen LogP contribution in [-0.2, 0) is 4.79 Å². The van der Waals surface area contributed by atoms with E-state index >= 15 is 0 Å². The Bertz CT molecular complexity index is 823. The van der Waals surface area contributed by atoms with E-state index in [-0.39, 0.29) is 11.8 Å². The second-order valence-electron chi connectivity index (χ2n) is 8.33. The third kappa shape index (κ3) is 4.04. The minimum atomic E-state index is 0.249. The van der Waals surface area contributed by atoms with Gasteiger partial charge in [-0.3, -0.25) is 4.79 Å². The highest BCUT2D eigenvalue weighted by Gasteiger charge is 2.39. The van der Waals surface area contributed by atoms with Crippen LogP contribution < -0.4 is 5.32 Å². The fourth-order valence-corrected chi connectivity index (χ4v) is 4.18. The first-order chi connectivity index (χ1) is 13.0. The highest BCUT2D eigenvalue weighted by molar-refractivity contribution is 5.81. The molecule has 0 unspecified atom stereocenters. The molecular weight excluding hydrogens is 340 g/mol. The lowest BCUT2D eigenvalue weighted by atomic mass is 9.79. The maximum absolute atomic E-state index is 12.0. The van der Waals surface area contributed by atoms with Gasteiger partial charge in [-0.1, -0.05) is 12.1 Å². The van der Waals surface area contributed by atoms with Crippen molar-refractivity contribution in [1.82, 2.24) is 20.4 Å². The molecule has 2 saturated carbocycles. The van der Waals surface area contributed by atoms with Gasteiger partial charge in [0.1, 0.15) is 5.82 Å². The van der Waals surface area contributed by atoms with Crippen molar-refractivity contribution in [3.8, 4) is 11.3 Å². The average molecular weight is 368 g/mol. The molecule has 0 radical (unpaired) electrons. The van der Waals surface area contributed by atoms with E-state index in [0.717, 1.165) is 67.2 Å². The number of hydrogen-bond donors (Lipinski definition) is 1. The third-order valence-electron chi connectivity index (χ3n) is 6.08. The molecule has 1 amide bonds. The van der Waals surface area contributed by atoms with Gasteiger partial charge in [-0.2, -0.15) is 0 Å². The molecule has 2 aromatic rings.